The van der Waals surface area contributed by atoms with Crippen LogP contribution in [0.1, 0.15) is 63.8 Å². The lowest BCUT2D eigenvalue weighted by Gasteiger charge is -2.03. The Hall–Kier alpha value is -0.790. The zero-order chi connectivity index (χ0) is 9.84. The van der Waals surface area contributed by atoms with Crippen LogP contribution in [0, 0.1) is 6.07 Å². The van der Waals surface area contributed by atoms with Crippen molar-refractivity contribution in [3.63, 3.8) is 0 Å². The molecule has 0 saturated carbocycles. The van der Waals surface area contributed by atoms with E-state index in [1.165, 1.54) is 0 Å². The van der Waals surface area contributed by atoms with Crippen LogP contribution in [0.2, 0.25) is 0 Å². The van der Waals surface area contributed by atoms with Gasteiger partial charge in [-0.2, -0.15) is 5.10 Å². The standard InChI is InChI=1S/C11H19N2/c1-5-8(3)10-7-11(13-12-10)9(4)6-2/h8-9H,5-6H2,1-4H3,(H,12,13). The zero-order valence-corrected chi connectivity index (χ0v) is 9.02. The molecule has 0 saturated heterocycles. The normalized spacial score (nSPS) is 15.7. The van der Waals surface area contributed by atoms with Gasteiger partial charge in [0.15, 0.2) is 0 Å². The fraction of sp³-hybridized carbons (Fsp3) is 0.727. The molecule has 0 aliphatic heterocycles. The molecule has 2 nitrogen and oxygen atoms in total. The summed E-state index contributed by atoms with van der Waals surface area (Å²) in [5.74, 6) is 1.07. The van der Waals surface area contributed by atoms with Crippen LogP contribution in [0.15, 0.2) is 0 Å². The van der Waals surface area contributed by atoms with E-state index in [4.69, 9.17) is 0 Å². The molecular weight excluding hydrogens is 160 g/mol. The Kier molecular flexibility index (Phi) is 3.52. The Labute approximate surface area is 80.7 Å². The van der Waals surface area contributed by atoms with E-state index in [-0.39, 0.29) is 0 Å². The van der Waals surface area contributed by atoms with E-state index in [0.29, 0.717) is 11.8 Å². The molecule has 2 atom stereocenters. The van der Waals surface area contributed by atoms with Gasteiger partial charge < -0.3 is 0 Å². The molecule has 1 aromatic rings. The fourth-order valence-corrected chi connectivity index (χ4v) is 1.18. The highest BCUT2D eigenvalue weighted by Gasteiger charge is 2.11. The van der Waals surface area contributed by atoms with Crippen LogP contribution in [0.3, 0.4) is 0 Å². The van der Waals surface area contributed by atoms with Crippen molar-refractivity contribution in [3.05, 3.63) is 17.5 Å². The van der Waals surface area contributed by atoms with Crippen molar-refractivity contribution in [2.45, 2.75) is 52.4 Å². The van der Waals surface area contributed by atoms with Crippen LogP contribution < -0.4 is 0 Å². The second-order valence-electron chi connectivity index (χ2n) is 3.77. The van der Waals surface area contributed by atoms with Crippen molar-refractivity contribution in [1.29, 1.82) is 0 Å². The second kappa shape index (κ2) is 4.45. The Morgan fingerprint density at radius 2 is 1.85 bits per heavy atom. The van der Waals surface area contributed by atoms with Crippen molar-refractivity contribution in [2.75, 3.05) is 0 Å². The SMILES string of the molecule is CCC(C)c1[c]c(C(C)CC)[nH]n1. The minimum absolute atomic E-state index is 0.522. The van der Waals surface area contributed by atoms with Gasteiger partial charge in [0.05, 0.1) is 5.69 Å². The first kappa shape index (κ1) is 10.3. The van der Waals surface area contributed by atoms with Crippen molar-refractivity contribution >= 4 is 0 Å². The number of aromatic nitrogens is 2. The third-order valence-electron chi connectivity index (χ3n) is 2.74. The molecule has 2 unspecified atom stereocenters. The number of nitrogens with one attached hydrogen (secondary N) is 1. The van der Waals surface area contributed by atoms with E-state index in [0.717, 1.165) is 24.2 Å². The van der Waals surface area contributed by atoms with Crippen LogP contribution >= 0.6 is 0 Å². The Morgan fingerprint density at radius 3 is 2.38 bits per heavy atom. The summed E-state index contributed by atoms with van der Waals surface area (Å²) in [6.45, 7) is 8.75. The average Bonchev–Trinajstić information content (AvgIpc) is 2.64. The summed E-state index contributed by atoms with van der Waals surface area (Å²) in [6.07, 6.45) is 2.26. The highest BCUT2D eigenvalue weighted by Crippen LogP contribution is 2.21. The monoisotopic (exact) mass is 179 g/mol. The summed E-state index contributed by atoms with van der Waals surface area (Å²) < 4.78 is 0. The summed E-state index contributed by atoms with van der Waals surface area (Å²) in [4.78, 5) is 0. The predicted octanol–water partition coefficient (Wildman–Crippen LogP) is 3.24. The minimum Gasteiger partial charge on any atom is -0.281 e. The quantitative estimate of drug-likeness (QED) is 0.755. The molecule has 2 heteroatoms. The van der Waals surface area contributed by atoms with Crippen molar-refractivity contribution in [1.82, 2.24) is 10.2 Å². The molecular formula is C11H19N2. The number of hydrogen-bond donors (Lipinski definition) is 1. The molecule has 1 heterocycles. The number of aromatic amines is 1. The van der Waals surface area contributed by atoms with Gasteiger partial charge in [0.25, 0.3) is 0 Å². The molecule has 0 amide bonds. The van der Waals surface area contributed by atoms with Crippen LogP contribution in [0.5, 0.6) is 0 Å². The first-order chi connectivity index (χ1) is 6.19. The highest BCUT2D eigenvalue weighted by molar-refractivity contribution is 5.13. The summed E-state index contributed by atoms with van der Waals surface area (Å²) >= 11 is 0. The molecule has 0 bridgehead atoms. The molecule has 1 radical (unpaired) electrons. The molecule has 0 fully saturated rings. The third-order valence-corrected chi connectivity index (χ3v) is 2.74. The molecule has 0 aromatic carbocycles. The van der Waals surface area contributed by atoms with Gasteiger partial charge in [-0.15, -0.1) is 0 Å². The van der Waals surface area contributed by atoms with Gasteiger partial charge in [0.2, 0.25) is 0 Å². The van der Waals surface area contributed by atoms with Crippen LogP contribution in [-0.2, 0) is 0 Å². The average molecular weight is 179 g/mol. The van der Waals surface area contributed by atoms with Crippen LogP contribution in [-0.4, -0.2) is 10.2 Å². The van der Waals surface area contributed by atoms with E-state index in [2.05, 4.69) is 44.0 Å². The minimum atomic E-state index is 0.522. The smallest absolute Gasteiger partial charge is 0.0732 e. The fourth-order valence-electron chi connectivity index (χ4n) is 1.18. The molecule has 1 aromatic heterocycles. The maximum Gasteiger partial charge on any atom is 0.0732 e. The van der Waals surface area contributed by atoms with Gasteiger partial charge in [-0.3, -0.25) is 5.10 Å². The van der Waals surface area contributed by atoms with Crippen molar-refractivity contribution < 1.29 is 0 Å². The Balaban J connectivity index is 2.74. The van der Waals surface area contributed by atoms with Crippen molar-refractivity contribution in [3.8, 4) is 0 Å². The number of hydrogen-bond acceptors (Lipinski definition) is 1. The van der Waals surface area contributed by atoms with Crippen LogP contribution in [0.25, 0.3) is 0 Å². The number of rotatable bonds is 4. The summed E-state index contributed by atoms with van der Waals surface area (Å²) in [5, 5.41) is 7.34. The Bertz CT molecular complexity index is 228. The highest BCUT2D eigenvalue weighted by atomic mass is 15.1. The predicted molar refractivity (Wildman–Crippen MR) is 54.8 cm³/mol. The largest absolute Gasteiger partial charge is 0.281 e. The Morgan fingerprint density at radius 1 is 1.23 bits per heavy atom. The molecule has 13 heavy (non-hydrogen) atoms. The van der Waals surface area contributed by atoms with Gasteiger partial charge >= 0.3 is 0 Å². The molecule has 73 valence electrons. The second-order valence-corrected chi connectivity index (χ2v) is 3.77. The number of H-pyrrole nitrogens is 1. The lowest BCUT2D eigenvalue weighted by Crippen LogP contribution is -1.91. The first-order valence-electron chi connectivity index (χ1n) is 5.16. The lowest BCUT2D eigenvalue weighted by atomic mass is 10.0. The van der Waals surface area contributed by atoms with E-state index < -0.39 is 0 Å². The number of nitrogens with zero attached hydrogens (tertiary/aromatic N) is 1. The van der Waals surface area contributed by atoms with E-state index in [1.54, 1.807) is 0 Å². The van der Waals surface area contributed by atoms with E-state index in [1.807, 2.05) is 0 Å². The summed E-state index contributed by atoms with van der Waals surface area (Å²) in [7, 11) is 0. The topological polar surface area (TPSA) is 28.7 Å². The van der Waals surface area contributed by atoms with Gasteiger partial charge in [0.1, 0.15) is 0 Å². The molecule has 1 N–H and O–H groups in total. The van der Waals surface area contributed by atoms with Gasteiger partial charge in [-0.25, -0.2) is 0 Å². The maximum atomic E-state index is 4.28. The van der Waals surface area contributed by atoms with Crippen molar-refractivity contribution in [2.24, 2.45) is 0 Å². The summed E-state index contributed by atoms with van der Waals surface area (Å²) in [6, 6.07) is 3.35. The molecule has 0 aliphatic rings. The summed E-state index contributed by atoms with van der Waals surface area (Å²) in [5.41, 5.74) is 2.23. The zero-order valence-electron chi connectivity index (χ0n) is 9.02. The van der Waals surface area contributed by atoms with E-state index in [9.17, 15) is 0 Å². The lowest BCUT2D eigenvalue weighted by molar-refractivity contribution is 0.695. The first-order valence-corrected chi connectivity index (χ1v) is 5.16. The third kappa shape index (κ3) is 2.33. The molecule has 0 spiro atoms. The van der Waals surface area contributed by atoms with E-state index >= 15 is 0 Å². The maximum absolute atomic E-state index is 4.28. The molecule has 1 rings (SSSR count). The van der Waals surface area contributed by atoms with Gasteiger partial charge in [-0.1, -0.05) is 27.7 Å². The van der Waals surface area contributed by atoms with Gasteiger partial charge in [-0.05, 0) is 18.8 Å². The van der Waals surface area contributed by atoms with Crippen LogP contribution in [0.4, 0.5) is 0 Å². The van der Waals surface area contributed by atoms with Gasteiger partial charge in [0, 0.05) is 17.7 Å². The molecule has 0 aliphatic carbocycles.